The molecule has 1 aromatic rings. The minimum atomic E-state index is 0.0619. The average Bonchev–Trinajstić information content (AvgIpc) is 3.00. The first-order valence-electron chi connectivity index (χ1n) is 7.07. The number of ether oxygens (including phenoxy) is 2. The zero-order chi connectivity index (χ0) is 14.5. The van der Waals surface area contributed by atoms with Crippen LogP contribution in [-0.4, -0.2) is 43.8 Å². The summed E-state index contributed by atoms with van der Waals surface area (Å²) in [5.74, 6) is 1.60. The van der Waals surface area contributed by atoms with Crippen molar-refractivity contribution >= 4 is 12.0 Å². The van der Waals surface area contributed by atoms with Crippen LogP contribution in [0.2, 0.25) is 0 Å². The van der Waals surface area contributed by atoms with E-state index in [9.17, 15) is 4.79 Å². The average molecular weight is 286 g/mol. The van der Waals surface area contributed by atoms with E-state index < -0.39 is 0 Å². The Morgan fingerprint density at radius 3 is 2.81 bits per heavy atom. The first-order chi connectivity index (χ1) is 10.3. The van der Waals surface area contributed by atoms with Crippen LogP contribution in [0.1, 0.15) is 5.56 Å². The summed E-state index contributed by atoms with van der Waals surface area (Å²) < 4.78 is 10.6. The molecule has 0 saturated carbocycles. The van der Waals surface area contributed by atoms with Gasteiger partial charge in [0.25, 0.3) is 0 Å². The minimum Gasteiger partial charge on any atom is -0.454 e. The van der Waals surface area contributed by atoms with Gasteiger partial charge in [0.1, 0.15) is 0 Å². The van der Waals surface area contributed by atoms with Crippen LogP contribution in [0.3, 0.4) is 0 Å². The summed E-state index contributed by atoms with van der Waals surface area (Å²) in [7, 11) is 0. The molecular weight excluding hydrogens is 268 g/mol. The van der Waals surface area contributed by atoms with E-state index >= 15 is 0 Å². The molecule has 0 bridgehead atoms. The third-order valence-corrected chi connectivity index (χ3v) is 3.46. The SMILES string of the molecule is O=C(C=CC=Cc1ccc2c(c1)OCO2)N1CCNCC1. The number of hydrogen-bond donors (Lipinski definition) is 1. The van der Waals surface area contributed by atoms with Gasteiger partial charge in [0.15, 0.2) is 11.5 Å². The molecule has 1 N–H and O–H groups in total. The topological polar surface area (TPSA) is 50.8 Å². The smallest absolute Gasteiger partial charge is 0.246 e. The van der Waals surface area contributed by atoms with E-state index in [4.69, 9.17) is 9.47 Å². The van der Waals surface area contributed by atoms with E-state index in [2.05, 4.69) is 5.32 Å². The van der Waals surface area contributed by atoms with Gasteiger partial charge in [-0.1, -0.05) is 24.3 Å². The Hall–Kier alpha value is -2.27. The number of fused-ring (bicyclic) bond motifs is 1. The maximum absolute atomic E-state index is 11.9. The maximum Gasteiger partial charge on any atom is 0.246 e. The van der Waals surface area contributed by atoms with Gasteiger partial charge in [0.2, 0.25) is 12.7 Å². The molecule has 1 fully saturated rings. The lowest BCUT2D eigenvalue weighted by Crippen LogP contribution is -2.45. The van der Waals surface area contributed by atoms with Crippen molar-refractivity contribution in [1.29, 1.82) is 0 Å². The third-order valence-electron chi connectivity index (χ3n) is 3.46. The van der Waals surface area contributed by atoms with Gasteiger partial charge in [0.05, 0.1) is 0 Å². The zero-order valence-corrected chi connectivity index (χ0v) is 11.7. The molecular formula is C16H18N2O3. The number of hydrogen-bond acceptors (Lipinski definition) is 4. The molecule has 0 aliphatic carbocycles. The lowest BCUT2D eigenvalue weighted by molar-refractivity contribution is -0.126. The highest BCUT2D eigenvalue weighted by Gasteiger charge is 2.13. The van der Waals surface area contributed by atoms with Crippen LogP contribution >= 0.6 is 0 Å². The number of nitrogens with one attached hydrogen (secondary N) is 1. The van der Waals surface area contributed by atoms with Gasteiger partial charge in [-0.3, -0.25) is 4.79 Å². The van der Waals surface area contributed by atoms with Crippen LogP contribution in [0, 0.1) is 0 Å². The second kappa shape index (κ2) is 6.45. The Kier molecular flexibility index (Phi) is 4.21. The number of carbonyl (C=O) groups excluding carboxylic acids is 1. The van der Waals surface area contributed by atoms with E-state index in [0.717, 1.165) is 43.2 Å². The number of allylic oxidation sites excluding steroid dienone is 2. The largest absolute Gasteiger partial charge is 0.454 e. The lowest BCUT2D eigenvalue weighted by atomic mass is 10.2. The number of benzene rings is 1. The van der Waals surface area contributed by atoms with Gasteiger partial charge in [-0.15, -0.1) is 0 Å². The van der Waals surface area contributed by atoms with Crippen molar-refractivity contribution in [3.05, 3.63) is 42.0 Å². The lowest BCUT2D eigenvalue weighted by Gasteiger charge is -2.26. The van der Waals surface area contributed by atoms with E-state index in [-0.39, 0.29) is 12.7 Å². The molecule has 21 heavy (non-hydrogen) atoms. The molecule has 0 unspecified atom stereocenters. The molecule has 1 saturated heterocycles. The second-order valence-electron chi connectivity index (χ2n) is 4.91. The van der Waals surface area contributed by atoms with Crippen molar-refractivity contribution in [2.24, 2.45) is 0 Å². The summed E-state index contributed by atoms with van der Waals surface area (Å²) in [5.41, 5.74) is 1.01. The van der Waals surface area contributed by atoms with Gasteiger partial charge in [-0.05, 0) is 17.7 Å². The first-order valence-corrected chi connectivity index (χ1v) is 7.07. The fraction of sp³-hybridized carbons (Fsp3) is 0.312. The van der Waals surface area contributed by atoms with Crippen molar-refractivity contribution in [3.8, 4) is 11.5 Å². The molecule has 110 valence electrons. The van der Waals surface area contributed by atoms with Crippen molar-refractivity contribution in [2.75, 3.05) is 33.0 Å². The number of carbonyl (C=O) groups is 1. The van der Waals surface area contributed by atoms with Crippen molar-refractivity contribution < 1.29 is 14.3 Å². The van der Waals surface area contributed by atoms with Crippen LogP contribution in [-0.2, 0) is 4.79 Å². The predicted molar refractivity (Wildman–Crippen MR) is 80.2 cm³/mol. The fourth-order valence-corrected chi connectivity index (χ4v) is 2.31. The van der Waals surface area contributed by atoms with Crippen LogP contribution < -0.4 is 14.8 Å². The van der Waals surface area contributed by atoms with Gasteiger partial charge < -0.3 is 19.7 Å². The van der Waals surface area contributed by atoms with Crippen LogP contribution in [0.5, 0.6) is 11.5 Å². The summed E-state index contributed by atoms with van der Waals surface area (Å²) in [6.07, 6.45) is 7.17. The summed E-state index contributed by atoms with van der Waals surface area (Å²) in [6.45, 7) is 3.56. The van der Waals surface area contributed by atoms with Crippen molar-refractivity contribution in [2.45, 2.75) is 0 Å². The minimum absolute atomic E-state index is 0.0619. The Bertz CT molecular complexity index is 575. The molecule has 0 spiro atoms. The zero-order valence-electron chi connectivity index (χ0n) is 11.7. The van der Waals surface area contributed by atoms with E-state index in [1.165, 1.54) is 0 Å². The second-order valence-corrected chi connectivity index (χ2v) is 4.91. The molecule has 0 aromatic heterocycles. The molecule has 0 radical (unpaired) electrons. The highest BCUT2D eigenvalue weighted by molar-refractivity contribution is 5.88. The molecule has 2 heterocycles. The number of nitrogens with zero attached hydrogens (tertiary/aromatic N) is 1. The van der Waals surface area contributed by atoms with Crippen LogP contribution in [0.4, 0.5) is 0 Å². The molecule has 3 rings (SSSR count). The quantitative estimate of drug-likeness (QED) is 0.674. The summed E-state index contributed by atoms with van der Waals surface area (Å²) in [5, 5.41) is 3.22. The molecule has 1 amide bonds. The Labute approximate surface area is 123 Å². The van der Waals surface area contributed by atoms with E-state index in [1.54, 1.807) is 12.2 Å². The van der Waals surface area contributed by atoms with Gasteiger partial charge in [-0.25, -0.2) is 0 Å². The fourth-order valence-electron chi connectivity index (χ4n) is 2.31. The molecule has 5 nitrogen and oxygen atoms in total. The third kappa shape index (κ3) is 3.44. The summed E-state index contributed by atoms with van der Waals surface area (Å²) in [4.78, 5) is 13.8. The highest BCUT2D eigenvalue weighted by Crippen LogP contribution is 2.32. The summed E-state index contributed by atoms with van der Waals surface area (Å²) >= 11 is 0. The Morgan fingerprint density at radius 2 is 1.95 bits per heavy atom. The van der Waals surface area contributed by atoms with Crippen LogP contribution in [0.15, 0.2) is 36.4 Å². The molecule has 0 atom stereocenters. The normalized spacial score (nSPS) is 17.8. The van der Waals surface area contributed by atoms with E-state index in [1.807, 2.05) is 35.3 Å². The van der Waals surface area contributed by atoms with Gasteiger partial charge in [0, 0.05) is 32.3 Å². The van der Waals surface area contributed by atoms with Crippen molar-refractivity contribution in [1.82, 2.24) is 10.2 Å². The predicted octanol–water partition coefficient (Wildman–Crippen LogP) is 1.42. The number of piperazine rings is 1. The Balaban J connectivity index is 1.56. The monoisotopic (exact) mass is 286 g/mol. The van der Waals surface area contributed by atoms with Gasteiger partial charge in [-0.2, -0.15) is 0 Å². The molecule has 2 aliphatic heterocycles. The first kappa shape index (κ1) is 13.7. The number of amides is 1. The standard InChI is InChI=1S/C16H18N2O3/c19-16(18-9-7-17-8-10-18)4-2-1-3-13-5-6-14-15(11-13)21-12-20-14/h1-6,11,17H,7-10,12H2. The highest BCUT2D eigenvalue weighted by atomic mass is 16.7. The number of rotatable bonds is 3. The van der Waals surface area contributed by atoms with Crippen LogP contribution in [0.25, 0.3) is 6.08 Å². The Morgan fingerprint density at radius 1 is 1.14 bits per heavy atom. The molecule has 2 aliphatic rings. The molecule has 1 aromatic carbocycles. The molecule has 5 heteroatoms. The maximum atomic E-state index is 11.9. The summed E-state index contributed by atoms with van der Waals surface area (Å²) in [6, 6.07) is 5.76. The van der Waals surface area contributed by atoms with Gasteiger partial charge >= 0.3 is 0 Å². The van der Waals surface area contributed by atoms with Crippen molar-refractivity contribution in [3.63, 3.8) is 0 Å². The van der Waals surface area contributed by atoms with E-state index in [0.29, 0.717) is 0 Å².